The molecule has 62 valence electrons. The summed E-state index contributed by atoms with van der Waals surface area (Å²) in [6.45, 7) is 7.83. The Morgan fingerprint density at radius 1 is 1.30 bits per heavy atom. The van der Waals surface area contributed by atoms with Gasteiger partial charge in [-0.2, -0.15) is 0 Å². The zero-order valence-electron chi connectivity index (χ0n) is 7.74. The van der Waals surface area contributed by atoms with Gasteiger partial charge in [0.25, 0.3) is 0 Å². The van der Waals surface area contributed by atoms with E-state index >= 15 is 0 Å². The minimum atomic E-state index is 0.499. The fourth-order valence-corrected chi connectivity index (χ4v) is 1.38. The predicted molar refractivity (Wildman–Crippen MR) is 49.2 cm³/mol. The van der Waals surface area contributed by atoms with Crippen molar-refractivity contribution in [3.8, 4) is 0 Å². The van der Waals surface area contributed by atoms with Crippen molar-refractivity contribution in [3.05, 3.63) is 0 Å². The summed E-state index contributed by atoms with van der Waals surface area (Å²) in [5.74, 6) is 0. The molecule has 10 heavy (non-hydrogen) atoms. The third kappa shape index (κ3) is 5.00. The first kappa shape index (κ1) is 10.2. The maximum Gasteiger partial charge on any atom is 0.145 e. The van der Waals surface area contributed by atoms with Gasteiger partial charge in [-0.15, -0.1) is 0 Å². The van der Waals surface area contributed by atoms with E-state index in [-0.39, 0.29) is 0 Å². The predicted octanol–water partition coefficient (Wildman–Crippen LogP) is 1.50. The van der Waals surface area contributed by atoms with Crippen molar-refractivity contribution in [2.24, 2.45) is 5.41 Å². The van der Waals surface area contributed by atoms with Gasteiger partial charge in [0, 0.05) is 6.61 Å². The highest BCUT2D eigenvalue weighted by Crippen LogP contribution is 2.25. The zero-order valence-corrected chi connectivity index (χ0v) is 9.74. The average Bonchev–Trinajstić information content (AvgIpc) is 1.84. The van der Waals surface area contributed by atoms with E-state index in [4.69, 9.17) is 4.43 Å². The van der Waals surface area contributed by atoms with E-state index in [9.17, 15) is 0 Å². The Bertz CT molecular complexity index is 81.3. The highest BCUT2D eigenvalue weighted by atomic mass is 28.2. The quantitative estimate of drug-likeness (QED) is 0.554. The van der Waals surface area contributed by atoms with Crippen molar-refractivity contribution < 1.29 is 4.43 Å². The first-order valence-electron chi connectivity index (χ1n) is 4.11. The second-order valence-corrected chi connectivity index (χ2v) is 4.23. The molecular weight excluding hydrogens is 140 g/mol. The summed E-state index contributed by atoms with van der Waals surface area (Å²) >= 11 is 0. The molecule has 1 nitrogen and oxygen atoms in total. The van der Waals surface area contributed by atoms with Gasteiger partial charge in [0.1, 0.15) is 10.5 Å². The molecule has 2 heteroatoms. The Balaban J connectivity index is 3.42. The third-order valence-corrected chi connectivity index (χ3v) is 2.32. The van der Waals surface area contributed by atoms with Crippen molar-refractivity contribution in [1.82, 2.24) is 0 Å². The Labute approximate surface area is 67.7 Å². The Kier molecular flexibility index (Phi) is 5.00. The summed E-state index contributed by atoms with van der Waals surface area (Å²) in [4.78, 5) is 0. The van der Waals surface area contributed by atoms with E-state index < -0.39 is 0 Å². The van der Waals surface area contributed by atoms with Gasteiger partial charge in [-0.25, -0.2) is 0 Å². The molecule has 0 aromatic carbocycles. The number of hydrogen-bond donors (Lipinski definition) is 0. The molecule has 0 aliphatic heterocycles. The van der Waals surface area contributed by atoms with E-state index in [0.29, 0.717) is 5.41 Å². The van der Waals surface area contributed by atoms with Gasteiger partial charge in [-0.1, -0.05) is 27.2 Å². The summed E-state index contributed by atoms with van der Waals surface area (Å²) in [6, 6.07) is 0. The summed E-state index contributed by atoms with van der Waals surface area (Å²) in [5, 5.41) is 0. The highest BCUT2D eigenvalue weighted by molar-refractivity contribution is 5.97. The standard InChI is InChI=1S/C8H20OSi/c1-4-5-8(2,3)6-7-9-10/h4-7H2,1-3,10H3. The fourth-order valence-electron chi connectivity index (χ4n) is 1.18. The van der Waals surface area contributed by atoms with Crippen LogP contribution in [0.4, 0.5) is 0 Å². The average molecular weight is 160 g/mol. The highest BCUT2D eigenvalue weighted by Gasteiger charge is 2.14. The first-order chi connectivity index (χ1) is 4.62. The van der Waals surface area contributed by atoms with Crippen molar-refractivity contribution in [2.45, 2.75) is 40.0 Å². The minimum absolute atomic E-state index is 0.499. The lowest BCUT2D eigenvalue weighted by molar-refractivity contribution is 0.227. The molecule has 0 aliphatic carbocycles. The Hall–Kier alpha value is 0.177. The van der Waals surface area contributed by atoms with Crippen LogP contribution in [0.15, 0.2) is 0 Å². The molecule has 0 rings (SSSR count). The minimum Gasteiger partial charge on any atom is -0.428 e. The second kappa shape index (κ2) is 4.91. The Morgan fingerprint density at radius 2 is 1.90 bits per heavy atom. The van der Waals surface area contributed by atoms with Crippen molar-refractivity contribution in [1.29, 1.82) is 0 Å². The largest absolute Gasteiger partial charge is 0.428 e. The van der Waals surface area contributed by atoms with Crippen LogP contribution >= 0.6 is 0 Å². The van der Waals surface area contributed by atoms with Crippen molar-refractivity contribution in [2.75, 3.05) is 6.61 Å². The molecule has 0 aromatic heterocycles. The van der Waals surface area contributed by atoms with Crippen LogP contribution in [-0.4, -0.2) is 17.1 Å². The van der Waals surface area contributed by atoms with Gasteiger partial charge < -0.3 is 4.43 Å². The van der Waals surface area contributed by atoms with E-state index in [1.54, 1.807) is 0 Å². The number of rotatable bonds is 5. The van der Waals surface area contributed by atoms with Gasteiger partial charge in [-0.05, 0) is 18.3 Å². The maximum atomic E-state index is 5.16. The summed E-state index contributed by atoms with van der Waals surface area (Å²) < 4.78 is 5.16. The van der Waals surface area contributed by atoms with Crippen molar-refractivity contribution in [3.63, 3.8) is 0 Å². The molecule has 0 fully saturated rings. The van der Waals surface area contributed by atoms with Gasteiger partial charge in [-0.3, -0.25) is 0 Å². The molecule has 0 N–H and O–H groups in total. The van der Waals surface area contributed by atoms with Crippen LogP contribution < -0.4 is 0 Å². The first-order valence-corrected chi connectivity index (χ1v) is 4.93. The van der Waals surface area contributed by atoms with Crippen molar-refractivity contribution >= 4 is 10.5 Å². The monoisotopic (exact) mass is 160 g/mol. The van der Waals surface area contributed by atoms with Crippen LogP contribution in [0, 0.1) is 5.41 Å². The zero-order chi connectivity index (χ0) is 8.04. The molecule has 0 aromatic rings. The van der Waals surface area contributed by atoms with E-state index in [1.165, 1.54) is 19.3 Å². The maximum absolute atomic E-state index is 5.16. The lowest BCUT2D eigenvalue weighted by atomic mass is 9.85. The molecule has 0 unspecified atom stereocenters. The molecule has 0 aliphatic rings. The lowest BCUT2D eigenvalue weighted by Crippen LogP contribution is -2.13. The third-order valence-electron chi connectivity index (χ3n) is 1.91. The van der Waals surface area contributed by atoms with E-state index in [1.807, 2.05) is 0 Å². The lowest BCUT2D eigenvalue weighted by Gasteiger charge is -2.23. The normalized spacial score (nSPS) is 12.3. The van der Waals surface area contributed by atoms with Gasteiger partial charge in [0.2, 0.25) is 0 Å². The summed E-state index contributed by atoms with van der Waals surface area (Å²) in [6.07, 6.45) is 3.82. The fraction of sp³-hybridized carbons (Fsp3) is 1.00. The molecule has 0 saturated carbocycles. The van der Waals surface area contributed by atoms with Crippen LogP contribution in [0.1, 0.15) is 40.0 Å². The van der Waals surface area contributed by atoms with Crippen LogP contribution in [-0.2, 0) is 4.43 Å². The summed E-state index contributed by atoms with van der Waals surface area (Å²) in [5.41, 5.74) is 0.499. The van der Waals surface area contributed by atoms with Crippen LogP contribution in [0.5, 0.6) is 0 Å². The number of hydrogen-bond acceptors (Lipinski definition) is 1. The molecule has 0 radical (unpaired) electrons. The molecule has 0 atom stereocenters. The molecule has 0 bridgehead atoms. The van der Waals surface area contributed by atoms with Crippen LogP contribution in [0.25, 0.3) is 0 Å². The molecule has 0 amide bonds. The molecule has 0 spiro atoms. The molecule has 0 saturated heterocycles. The SMILES string of the molecule is CCCC(C)(C)CCO[SiH3]. The van der Waals surface area contributed by atoms with Crippen LogP contribution in [0.2, 0.25) is 0 Å². The topological polar surface area (TPSA) is 9.23 Å². The Morgan fingerprint density at radius 3 is 2.30 bits per heavy atom. The van der Waals surface area contributed by atoms with Gasteiger partial charge in [0.15, 0.2) is 0 Å². The smallest absolute Gasteiger partial charge is 0.145 e. The van der Waals surface area contributed by atoms with Gasteiger partial charge in [0.05, 0.1) is 0 Å². The van der Waals surface area contributed by atoms with E-state index in [0.717, 1.165) is 17.1 Å². The second-order valence-electron chi connectivity index (χ2n) is 3.66. The summed E-state index contributed by atoms with van der Waals surface area (Å²) in [7, 11) is 0.886. The van der Waals surface area contributed by atoms with E-state index in [2.05, 4.69) is 20.8 Å². The van der Waals surface area contributed by atoms with Crippen LogP contribution in [0.3, 0.4) is 0 Å². The molecule has 0 heterocycles. The van der Waals surface area contributed by atoms with Gasteiger partial charge >= 0.3 is 0 Å². The molecular formula is C8H20OSi.